The van der Waals surface area contributed by atoms with Crippen molar-refractivity contribution in [3.63, 3.8) is 0 Å². The number of carbonyl (C=O) groups excluding carboxylic acids is 1. The van der Waals surface area contributed by atoms with Crippen molar-refractivity contribution in [1.82, 2.24) is 20.0 Å². The molecule has 1 atom stereocenters. The average Bonchev–Trinajstić information content (AvgIpc) is 3.15. The minimum Gasteiger partial charge on any atom is -0.338 e. The number of aryl methyl sites for hydroxylation is 1. The van der Waals surface area contributed by atoms with Crippen LogP contribution in [0.4, 0.5) is 5.69 Å². The summed E-state index contributed by atoms with van der Waals surface area (Å²) in [6.45, 7) is 3.54. The van der Waals surface area contributed by atoms with Crippen molar-refractivity contribution in [2.24, 2.45) is 0 Å². The van der Waals surface area contributed by atoms with Crippen LogP contribution in [-0.2, 0) is 6.54 Å². The molecule has 0 bridgehead atoms. The molecular weight excluding hydrogens is 354 g/mol. The van der Waals surface area contributed by atoms with Gasteiger partial charge in [-0.15, -0.1) is 0 Å². The van der Waals surface area contributed by atoms with Crippen molar-refractivity contribution in [2.75, 3.05) is 11.9 Å². The van der Waals surface area contributed by atoms with E-state index in [-0.39, 0.29) is 11.9 Å². The predicted octanol–water partition coefficient (Wildman–Crippen LogP) is 3.75. The van der Waals surface area contributed by atoms with E-state index in [4.69, 9.17) is 4.52 Å². The number of likely N-dealkylation sites (tertiary alicyclic amines) is 1. The van der Waals surface area contributed by atoms with Gasteiger partial charge < -0.3 is 9.84 Å². The van der Waals surface area contributed by atoms with Crippen LogP contribution in [0.3, 0.4) is 0 Å². The number of amides is 1. The Kier molecular flexibility index (Phi) is 5.43. The van der Waals surface area contributed by atoms with Crippen LogP contribution in [0, 0.1) is 6.92 Å². The standard InChI is InChI=1S/C21H23N5O2/c1-15-23-21(28-25-15)19-9-2-3-11-26(19)14-16-6-4-7-17(12-16)20(27)24-18-8-5-10-22-13-18/h4-8,10,12-13,19H,2-3,9,11,14H2,1H3,(H,24,27)/t19-/m0/s1. The van der Waals surface area contributed by atoms with Gasteiger partial charge in [-0.2, -0.15) is 4.98 Å². The Hall–Kier alpha value is -3.06. The second-order valence-electron chi connectivity index (χ2n) is 7.06. The second kappa shape index (κ2) is 8.31. The predicted molar refractivity (Wildman–Crippen MR) is 105 cm³/mol. The first-order valence-corrected chi connectivity index (χ1v) is 9.53. The van der Waals surface area contributed by atoms with E-state index in [0.29, 0.717) is 23.0 Å². The van der Waals surface area contributed by atoms with E-state index < -0.39 is 0 Å². The largest absolute Gasteiger partial charge is 0.338 e. The smallest absolute Gasteiger partial charge is 0.255 e. The molecule has 1 saturated heterocycles. The number of nitrogens with one attached hydrogen (secondary N) is 1. The van der Waals surface area contributed by atoms with Crippen molar-refractivity contribution >= 4 is 11.6 Å². The monoisotopic (exact) mass is 377 g/mol. The fourth-order valence-corrected chi connectivity index (χ4v) is 3.59. The topological polar surface area (TPSA) is 84.2 Å². The molecule has 1 N–H and O–H groups in total. The lowest BCUT2D eigenvalue weighted by Crippen LogP contribution is -2.33. The third-order valence-corrected chi connectivity index (χ3v) is 4.94. The van der Waals surface area contributed by atoms with Gasteiger partial charge in [-0.1, -0.05) is 23.7 Å². The SMILES string of the molecule is Cc1noc([C@@H]2CCCCN2Cc2cccc(C(=O)Nc3cccnc3)c2)n1. The molecule has 0 unspecified atom stereocenters. The van der Waals surface area contributed by atoms with Crippen LogP contribution in [0.25, 0.3) is 0 Å². The Morgan fingerprint density at radius 2 is 2.21 bits per heavy atom. The minimum atomic E-state index is -0.141. The molecule has 3 aromatic rings. The summed E-state index contributed by atoms with van der Waals surface area (Å²) in [7, 11) is 0. The molecule has 7 nitrogen and oxygen atoms in total. The van der Waals surface area contributed by atoms with Gasteiger partial charge in [-0.05, 0) is 56.1 Å². The number of rotatable bonds is 5. The number of benzene rings is 1. The van der Waals surface area contributed by atoms with Gasteiger partial charge in [-0.3, -0.25) is 14.7 Å². The molecule has 0 spiro atoms. The van der Waals surface area contributed by atoms with Crippen LogP contribution in [0.2, 0.25) is 0 Å². The number of anilines is 1. The van der Waals surface area contributed by atoms with E-state index in [9.17, 15) is 4.79 Å². The molecule has 1 amide bonds. The molecule has 144 valence electrons. The quantitative estimate of drug-likeness (QED) is 0.729. The first kappa shape index (κ1) is 18.3. The summed E-state index contributed by atoms with van der Waals surface area (Å²) in [6, 6.07) is 11.5. The lowest BCUT2D eigenvalue weighted by molar-refractivity contribution is 0.102. The van der Waals surface area contributed by atoms with Gasteiger partial charge in [0.15, 0.2) is 5.82 Å². The van der Waals surface area contributed by atoms with Gasteiger partial charge in [0.05, 0.1) is 17.9 Å². The van der Waals surface area contributed by atoms with Gasteiger partial charge in [0, 0.05) is 18.3 Å². The molecule has 0 radical (unpaired) electrons. The third kappa shape index (κ3) is 4.26. The molecule has 0 saturated carbocycles. The zero-order valence-corrected chi connectivity index (χ0v) is 15.8. The summed E-state index contributed by atoms with van der Waals surface area (Å²) in [6.07, 6.45) is 6.60. The zero-order chi connectivity index (χ0) is 19.3. The summed E-state index contributed by atoms with van der Waals surface area (Å²) in [4.78, 5) is 23.4. The van der Waals surface area contributed by atoms with Crippen molar-refractivity contribution < 1.29 is 9.32 Å². The van der Waals surface area contributed by atoms with E-state index >= 15 is 0 Å². The van der Waals surface area contributed by atoms with Crippen molar-refractivity contribution in [1.29, 1.82) is 0 Å². The first-order chi connectivity index (χ1) is 13.7. The lowest BCUT2D eigenvalue weighted by atomic mass is 10.0. The Balaban J connectivity index is 1.48. The van der Waals surface area contributed by atoms with Crippen molar-refractivity contribution in [3.8, 4) is 0 Å². The van der Waals surface area contributed by atoms with Crippen LogP contribution >= 0.6 is 0 Å². The number of carbonyl (C=O) groups is 1. The average molecular weight is 377 g/mol. The van der Waals surface area contributed by atoms with Gasteiger partial charge in [0.25, 0.3) is 5.91 Å². The van der Waals surface area contributed by atoms with Gasteiger partial charge >= 0.3 is 0 Å². The normalized spacial score (nSPS) is 17.4. The molecule has 1 aromatic carbocycles. The summed E-state index contributed by atoms with van der Waals surface area (Å²) < 4.78 is 5.43. The maximum Gasteiger partial charge on any atom is 0.255 e. The number of aromatic nitrogens is 3. The fraction of sp³-hybridized carbons (Fsp3) is 0.333. The molecule has 1 aliphatic rings. The van der Waals surface area contributed by atoms with Crippen LogP contribution < -0.4 is 5.32 Å². The molecule has 7 heteroatoms. The molecule has 3 heterocycles. The Morgan fingerprint density at radius 3 is 3.00 bits per heavy atom. The van der Waals surface area contributed by atoms with E-state index in [1.807, 2.05) is 37.3 Å². The number of nitrogens with zero attached hydrogens (tertiary/aromatic N) is 4. The fourth-order valence-electron chi connectivity index (χ4n) is 3.59. The highest BCUT2D eigenvalue weighted by Crippen LogP contribution is 2.31. The molecule has 1 fully saturated rings. The second-order valence-corrected chi connectivity index (χ2v) is 7.06. The summed E-state index contributed by atoms with van der Waals surface area (Å²) in [5.74, 6) is 1.20. The summed E-state index contributed by atoms with van der Waals surface area (Å²) in [5, 5.41) is 6.82. The van der Waals surface area contributed by atoms with Crippen LogP contribution in [0.15, 0.2) is 53.3 Å². The third-order valence-electron chi connectivity index (χ3n) is 4.94. The van der Waals surface area contributed by atoms with E-state index in [0.717, 1.165) is 37.9 Å². The molecule has 0 aliphatic carbocycles. The molecule has 2 aromatic heterocycles. The minimum absolute atomic E-state index is 0.128. The Labute approximate surface area is 163 Å². The van der Waals surface area contributed by atoms with Crippen molar-refractivity contribution in [3.05, 3.63) is 71.6 Å². The van der Waals surface area contributed by atoms with Gasteiger partial charge in [0.1, 0.15) is 0 Å². The Morgan fingerprint density at radius 1 is 1.29 bits per heavy atom. The highest BCUT2D eigenvalue weighted by Gasteiger charge is 2.28. The molecule has 4 rings (SSSR count). The van der Waals surface area contributed by atoms with E-state index in [1.165, 1.54) is 0 Å². The summed E-state index contributed by atoms with van der Waals surface area (Å²) >= 11 is 0. The van der Waals surface area contributed by atoms with E-state index in [1.54, 1.807) is 18.5 Å². The highest BCUT2D eigenvalue weighted by molar-refractivity contribution is 6.04. The van der Waals surface area contributed by atoms with Crippen LogP contribution in [0.1, 0.15) is 52.9 Å². The number of piperidine rings is 1. The maximum atomic E-state index is 12.6. The number of pyridine rings is 1. The maximum absolute atomic E-state index is 12.6. The number of hydrogen-bond acceptors (Lipinski definition) is 6. The van der Waals surface area contributed by atoms with Gasteiger partial charge in [0.2, 0.25) is 5.89 Å². The molecule has 28 heavy (non-hydrogen) atoms. The van der Waals surface area contributed by atoms with E-state index in [2.05, 4.69) is 25.3 Å². The first-order valence-electron chi connectivity index (χ1n) is 9.53. The van der Waals surface area contributed by atoms with Crippen LogP contribution in [0.5, 0.6) is 0 Å². The zero-order valence-electron chi connectivity index (χ0n) is 15.8. The number of hydrogen-bond donors (Lipinski definition) is 1. The van der Waals surface area contributed by atoms with Crippen molar-refractivity contribution in [2.45, 2.75) is 38.8 Å². The van der Waals surface area contributed by atoms with Crippen LogP contribution in [-0.4, -0.2) is 32.5 Å². The lowest BCUT2D eigenvalue weighted by Gasteiger charge is -2.33. The highest BCUT2D eigenvalue weighted by atomic mass is 16.5. The molecular formula is C21H23N5O2. The Bertz CT molecular complexity index is 941. The van der Waals surface area contributed by atoms with Gasteiger partial charge in [-0.25, -0.2) is 0 Å². The summed E-state index contributed by atoms with van der Waals surface area (Å²) in [5.41, 5.74) is 2.39. The molecule has 1 aliphatic heterocycles.